The highest BCUT2D eigenvalue weighted by Gasteiger charge is 2.22. The van der Waals surface area contributed by atoms with Crippen molar-refractivity contribution in [3.8, 4) is 17.0 Å². The molecule has 0 aliphatic heterocycles. The van der Waals surface area contributed by atoms with E-state index in [-0.39, 0.29) is 11.9 Å². The molecule has 1 N–H and O–H groups in total. The third kappa shape index (κ3) is 3.56. The van der Waals surface area contributed by atoms with Gasteiger partial charge in [0.15, 0.2) is 0 Å². The Morgan fingerprint density at radius 2 is 2.10 bits per heavy atom. The van der Waals surface area contributed by atoms with Gasteiger partial charge in [0, 0.05) is 24.5 Å². The summed E-state index contributed by atoms with van der Waals surface area (Å²) in [6.45, 7) is 3.70. The second kappa shape index (κ2) is 7.38. The Hall–Kier alpha value is -3.68. The van der Waals surface area contributed by atoms with E-state index in [4.69, 9.17) is 9.26 Å². The first-order valence-corrected chi connectivity index (χ1v) is 9.18. The van der Waals surface area contributed by atoms with Crippen LogP contribution in [0.1, 0.15) is 34.7 Å². The number of amides is 1. The van der Waals surface area contributed by atoms with Crippen LogP contribution in [-0.4, -0.2) is 32.9 Å². The minimum Gasteiger partial charge on any atom is -0.497 e. The highest BCUT2D eigenvalue weighted by molar-refractivity contribution is 6.09. The molecule has 4 aromatic rings. The van der Waals surface area contributed by atoms with E-state index in [9.17, 15) is 4.79 Å². The molecule has 3 aromatic heterocycles. The topological polar surface area (TPSA) is 95.1 Å². The van der Waals surface area contributed by atoms with Gasteiger partial charge in [0.2, 0.25) is 0 Å². The third-order valence-corrected chi connectivity index (χ3v) is 4.69. The van der Waals surface area contributed by atoms with Crippen LogP contribution in [0.25, 0.3) is 22.4 Å². The first-order chi connectivity index (χ1) is 14.0. The fraction of sp³-hybridized carbons (Fsp3) is 0.238. The van der Waals surface area contributed by atoms with Crippen molar-refractivity contribution in [3.63, 3.8) is 0 Å². The van der Waals surface area contributed by atoms with E-state index in [0.717, 1.165) is 11.3 Å². The van der Waals surface area contributed by atoms with Gasteiger partial charge in [0.25, 0.3) is 11.6 Å². The van der Waals surface area contributed by atoms with Crippen molar-refractivity contribution in [2.24, 2.45) is 7.05 Å². The lowest BCUT2D eigenvalue weighted by Gasteiger charge is -2.13. The lowest BCUT2D eigenvalue weighted by Crippen LogP contribution is -2.27. The molecule has 4 rings (SSSR count). The first kappa shape index (κ1) is 18.7. The van der Waals surface area contributed by atoms with Crippen molar-refractivity contribution in [2.45, 2.75) is 19.9 Å². The summed E-state index contributed by atoms with van der Waals surface area (Å²) in [4.78, 5) is 17.5. The minimum absolute atomic E-state index is 0.244. The lowest BCUT2D eigenvalue weighted by molar-refractivity contribution is 0.0940. The van der Waals surface area contributed by atoms with Gasteiger partial charge < -0.3 is 14.6 Å². The number of hydrogen-bond donors (Lipinski definition) is 1. The summed E-state index contributed by atoms with van der Waals surface area (Å²) in [5, 5.41) is 12.1. The van der Waals surface area contributed by atoms with Crippen LogP contribution >= 0.6 is 0 Å². The number of nitrogens with one attached hydrogen (secondary N) is 1. The summed E-state index contributed by atoms with van der Waals surface area (Å²) in [6, 6.07) is 10.8. The SMILES string of the molecule is COc1cccc(-c2noc3nc(C)cc(C(=O)N[C@@H](C)c4ccn(C)n4)c23)c1. The molecule has 0 bridgehead atoms. The Labute approximate surface area is 167 Å². The number of fused-ring (bicyclic) bond motifs is 1. The molecule has 0 aliphatic rings. The molecule has 1 atom stereocenters. The lowest BCUT2D eigenvalue weighted by atomic mass is 10.0. The molecule has 0 fully saturated rings. The van der Waals surface area contributed by atoms with E-state index >= 15 is 0 Å². The number of carbonyl (C=O) groups is 1. The van der Waals surface area contributed by atoms with Gasteiger partial charge in [-0.3, -0.25) is 9.48 Å². The molecule has 0 aliphatic carbocycles. The predicted octanol–water partition coefficient (Wildman–Crippen LogP) is 3.43. The van der Waals surface area contributed by atoms with E-state index in [1.54, 1.807) is 17.9 Å². The minimum atomic E-state index is -0.257. The fourth-order valence-corrected chi connectivity index (χ4v) is 3.23. The Morgan fingerprint density at radius 3 is 2.83 bits per heavy atom. The smallest absolute Gasteiger partial charge is 0.259 e. The van der Waals surface area contributed by atoms with Gasteiger partial charge in [-0.15, -0.1) is 0 Å². The number of hydrogen-bond acceptors (Lipinski definition) is 6. The molecular formula is C21H21N5O3. The number of carbonyl (C=O) groups excluding carboxylic acids is 1. The van der Waals surface area contributed by atoms with Crippen LogP contribution < -0.4 is 10.1 Å². The van der Waals surface area contributed by atoms with Crippen molar-refractivity contribution in [1.29, 1.82) is 0 Å². The maximum atomic E-state index is 13.1. The van der Waals surface area contributed by atoms with E-state index in [0.29, 0.717) is 33.8 Å². The maximum Gasteiger partial charge on any atom is 0.259 e. The molecule has 8 heteroatoms. The number of pyridine rings is 1. The number of ether oxygens (including phenoxy) is 1. The van der Waals surface area contributed by atoms with Crippen molar-refractivity contribution in [3.05, 3.63) is 59.5 Å². The van der Waals surface area contributed by atoms with E-state index in [2.05, 4.69) is 20.6 Å². The van der Waals surface area contributed by atoms with Crippen LogP contribution in [-0.2, 0) is 7.05 Å². The van der Waals surface area contributed by atoms with Gasteiger partial charge in [0.05, 0.1) is 29.8 Å². The average Bonchev–Trinajstić information content (AvgIpc) is 3.33. The van der Waals surface area contributed by atoms with Crippen LogP contribution in [0.5, 0.6) is 5.75 Å². The summed E-state index contributed by atoms with van der Waals surface area (Å²) in [7, 11) is 3.44. The highest BCUT2D eigenvalue weighted by Crippen LogP contribution is 2.32. The molecule has 29 heavy (non-hydrogen) atoms. The second-order valence-corrected chi connectivity index (χ2v) is 6.86. The monoisotopic (exact) mass is 391 g/mol. The highest BCUT2D eigenvalue weighted by atomic mass is 16.5. The Kier molecular flexibility index (Phi) is 4.75. The predicted molar refractivity (Wildman–Crippen MR) is 108 cm³/mol. The van der Waals surface area contributed by atoms with Gasteiger partial charge in [-0.2, -0.15) is 5.10 Å². The Bertz CT molecular complexity index is 1190. The fourth-order valence-electron chi connectivity index (χ4n) is 3.23. The summed E-state index contributed by atoms with van der Waals surface area (Å²) < 4.78 is 12.4. The van der Waals surface area contributed by atoms with Crippen LogP contribution in [0.15, 0.2) is 47.1 Å². The van der Waals surface area contributed by atoms with Crippen LogP contribution in [0, 0.1) is 6.92 Å². The van der Waals surface area contributed by atoms with Gasteiger partial charge in [-0.05, 0) is 38.1 Å². The molecule has 0 saturated heterocycles. The standard InChI is InChI=1S/C21H21N5O3/c1-12-10-16(20(27)23-13(2)17-8-9-26(3)24-17)18-19(25-29-21(18)22-12)14-6-5-7-15(11-14)28-4/h5-11,13H,1-4H3,(H,23,27)/t13-/m0/s1. The Morgan fingerprint density at radius 1 is 1.28 bits per heavy atom. The molecule has 1 amide bonds. The van der Waals surface area contributed by atoms with Gasteiger partial charge >= 0.3 is 0 Å². The average molecular weight is 391 g/mol. The summed E-state index contributed by atoms with van der Waals surface area (Å²) in [5.41, 5.74) is 3.54. The molecule has 0 unspecified atom stereocenters. The maximum absolute atomic E-state index is 13.1. The zero-order valence-electron chi connectivity index (χ0n) is 16.6. The number of aromatic nitrogens is 4. The summed E-state index contributed by atoms with van der Waals surface area (Å²) in [5.74, 6) is 0.444. The molecule has 0 radical (unpaired) electrons. The zero-order valence-corrected chi connectivity index (χ0v) is 16.6. The largest absolute Gasteiger partial charge is 0.497 e. The van der Waals surface area contributed by atoms with Crippen LogP contribution in [0.3, 0.4) is 0 Å². The molecule has 0 spiro atoms. The number of rotatable bonds is 5. The third-order valence-electron chi connectivity index (χ3n) is 4.69. The van der Waals surface area contributed by atoms with E-state index in [1.165, 1.54) is 0 Å². The van der Waals surface area contributed by atoms with Crippen molar-refractivity contribution < 1.29 is 14.1 Å². The van der Waals surface area contributed by atoms with Crippen molar-refractivity contribution in [2.75, 3.05) is 7.11 Å². The van der Waals surface area contributed by atoms with Crippen molar-refractivity contribution in [1.82, 2.24) is 25.2 Å². The second-order valence-electron chi connectivity index (χ2n) is 6.86. The summed E-state index contributed by atoms with van der Waals surface area (Å²) in [6.07, 6.45) is 1.84. The quantitative estimate of drug-likeness (QED) is 0.560. The Balaban J connectivity index is 1.77. The number of benzene rings is 1. The van der Waals surface area contributed by atoms with Gasteiger partial charge in [-0.25, -0.2) is 4.98 Å². The number of aryl methyl sites for hydroxylation is 2. The molecule has 148 valence electrons. The van der Waals surface area contributed by atoms with Gasteiger partial charge in [-0.1, -0.05) is 17.3 Å². The molecular weight excluding hydrogens is 370 g/mol. The molecule has 0 saturated carbocycles. The van der Waals surface area contributed by atoms with E-state index < -0.39 is 0 Å². The zero-order chi connectivity index (χ0) is 20.5. The first-order valence-electron chi connectivity index (χ1n) is 9.18. The van der Waals surface area contributed by atoms with Crippen molar-refractivity contribution >= 4 is 17.0 Å². The van der Waals surface area contributed by atoms with Crippen LogP contribution in [0.2, 0.25) is 0 Å². The van der Waals surface area contributed by atoms with E-state index in [1.807, 2.05) is 57.4 Å². The molecule has 3 heterocycles. The molecule has 8 nitrogen and oxygen atoms in total. The normalized spacial score (nSPS) is 12.1. The number of methoxy groups -OCH3 is 1. The van der Waals surface area contributed by atoms with Crippen LogP contribution in [0.4, 0.5) is 0 Å². The van der Waals surface area contributed by atoms with Gasteiger partial charge in [0.1, 0.15) is 11.4 Å². The number of nitrogens with zero attached hydrogens (tertiary/aromatic N) is 4. The summed E-state index contributed by atoms with van der Waals surface area (Å²) >= 11 is 0. The molecule has 1 aromatic carbocycles.